The van der Waals surface area contributed by atoms with Crippen LogP contribution < -0.4 is 10.2 Å². The number of para-hydroxylation sites is 1. The van der Waals surface area contributed by atoms with Crippen LogP contribution >= 0.6 is 11.8 Å². The SMILES string of the molecule is COc1ccc(C=NNc2ccccc2)cc1CN1CCSCC1. The number of hydrogen-bond acceptors (Lipinski definition) is 5. The second kappa shape index (κ2) is 8.76. The number of methoxy groups -OCH3 is 1. The molecular weight excluding hydrogens is 318 g/mol. The zero-order valence-electron chi connectivity index (χ0n) is 13.9. The van der Waals surface area contributed by atoms with Gasteiger partial charge in [0.15, 0.2) is 0 Å². The van der Waals surface area contributed by atoms with Gasteiger partial charge in [-0.1, -0.05) is 18.2 Å². The summed E-state index contributed by atoms with van der Waals surface area (Å²) >= 11 is 2.03. The minimum atomic E-state index is 0.928. The summed E-state index contributed by atoms with van der Waals surface area (Å²) in [5.41, 5.74) is 6.31. The highest BCUT2D eigenvalue weighted by atomic mass is 32.2. The fraction of sp³-hybridized carbons (Fsp3) is 0.316. The van der Waals surface area contributed by atoms with Crippen molar-refractivity contribution in [3.05, 3.63) is 59.7 Å². The highest BCUT2D eigenvalue weighted by Crippen LogP contribution is 2.22. The van der Waals surface area contributed by atoms with Crippen molar-refractivity contribution in [1.82, 2.24) is 4.90 Å². The lowest BCUT2D eigenvalue weighted by atomic mass is 10.1. The van der Waals surface area contributed by atoms with Crippen LogP contribution in [0.1, 0.15) is 11.1 Å². The monoisotopic (exact) mass is 341 g/mol. The van der Waals surface area contributed by atoms with Crippen molar-refractivity contribution in [2.45, 2.75) is 6.54 Å². The molecule has 126 valence electrons. The molecule has 0 saturated carbocycles. The summed E-state index contributed by atoms with van der Waals surface area (Å²) in [4.78, 5) is 2.48. The molecule has 3 rings (SSSR count). The maximum atomic E-state index is 5.52. The number of benzene rings is 2. The second-order valence-corrected chi connectivity index (χ2v) is 6.92. The minimum Gasteiger partial charge on any atom is -0.496 e. The Bertz CT molecular complexity index is 670. The third-order valence-corrected chi connectivity index (χ3v) is 4.93. The van der Waals surface area contributed by atoms with Gasteiger partial charge in [-0.25, -0.2) is 0 Å². The summed E-state index contributed by atoms with van der Waals surface area (Å²) in [5, 5.41) is 4.32. The Labute approximate surface area is 147 Å². The molecule has 4 nitrogen and oxygen atoms in total. The summed E-state index contributed by atoms with van der Waals surface area (Å²) in [6, 6.07) is 16.2. The third kappa shape index (κ3) is 4.76. The molecule has 0 aromatic heterocycles. The van der Waals surface area contributed by atoms with E-state index in [-0.39, 0.29) is 0 Å². The molecule has 24 heavy (non-hydrogen) atoms. The van der Waals surface area contributed by atoms with Crippen molar-refractivity contribution in [3.63, 3.8) is 0 Å². The summed E-state index contributed by atoms with van der Waals surface area (Å²) < 4.78 is 5.52. The Kier molecular flexibility index (Phi) is 6.15. The maximum absolute atomic E-state index is 5.52. The molecule has 1 heterocycles. The topological polar surface area (TPSA) is 36.9 Å². The first-order valence-electron chi connectivity index (χ1n) is 8.16. The minimum absolute atomic E-state index is 0.928. The Morgan fingerprint density at radius 2 is 1.96 bits per heavy atom. The van der Waals surface area contributed by atoms with E-state index in [4.69, 9.17) is 4.74 Å². The third-order valence-electron chi connectivity index (χ3n) is 3.98. The number of anilines is 1. The summed E-state index contributed by atoms with van der Waals surface area (Å²) in [5.74, 6) is 3.37. The van der Waals surface area contributed by atoms with Crippen LogP contribution in [0.25, 0.3) is 0 Å². The lowest BCUT2D eigenvalue weighted by molar-refractivity contribution is 0.288. The van der Waals surface area contributed by atoms with Crippen LogP contribution in [0, 0.1) is 0 Å². The standard InChI is InChI=1S/C19H23N3OS/c1-23-19-8-7-16(14-20-21-18-5-3-2-4-6-18)13-17(19)15-22-9-11-24-12-10-22/h2-8,13-14,21H,9-12,15H2,1H3. The van der Waals surface area contributed by atoms with Crippen molar-refractivity contribution < 1.29 is 4.74 Å². The smallest absolute Gasteiger partial charge is 0.123 e. The van der Waals surface area contributed by atoms with E-state index >= 15 is 0 Å². The van der Waals surface area contributed by atoms with E-state index in [1.807, 2.05) is 60.4 Å². The number of nitrogens with one attached hydrogen (secondary N) is 1. The van der Waals surface area contributed by atoms with Crippen LogP contribution in [0.15, 0.2) is 53.6 Å². The summed E-state index contributed by atoms with van der Waals surface area (Å²) in [7, 11) is 1.73. The Morgan fingerprint density at radius 1 is 1.17 bits per heavy atom. The van der Waals surface area contributed by atoms with Crippen LogP contribution in [-0.4, -0.2) is 42.8 Å². The van der Waals surface area contributed by atoms with Gasteiger partial charge in [-0.05, 0) is 35.9 Å². The number of hydrogen-bond donors (Lipinski definition) is 1. The van der Waals surface area contributed by atoms with Gasteiger partial charge in [-0.3, -0.25) is 10.3 Å². The van der Waals surface area contributed by atoms with E-state index in [1.54, 1.807) is 7.11 Å². The fourth-order valence-corrected chi connectivity index (χ4v) is 3.68. The molecule has 1 fully saturated rings. The van der Waals surface area contributed by atoms with Gasteiger partial charge >= 0.3 is 0 Å². The molecule has 1 aliphatic rings. The molecule has 0 bridgehead atoms. The quantitative estimate of drug-likeness (QED) is 0.642. The van der Waals surface area contributed by atoms with Crippen molar-refractivity contribution in [1.29, 1.82) is 0 Å². The molecule has 1 saturated heterocycles. The maximum Gasteiger partial charge on any atom is 0.123 e. The summed E-state index contributed by atoms with van der Waals surface area (Å²) in [6.45, 7) is 3.21. The first-order chi connectivity index (χ1) is 11.8. The largest absolute Gasteiger partial charge is 0.496 e. The average molecular weight is 341 g/mol. The number of nitrogens with zero attached hydrogens (tertiary/aromatic N) is 2. The Balaban J connectivity index is 1.68. The molecule has 0 spiro atoms. The number of rotatable bonds is 6. The van der Waals surface area contributed by atoms with E-state index in [9.17, 15) is 0 Å². The lowest BCUT2D eigenvalue weighted by Crippen LogP contribution is -2.32. The predicted octanol–water partition coefficient (Wildman–Crippen LogP) is 3.69. The molecule has 2 aromatic rings. The molecular formula is C19H23N3OS. The predicted molar refractivity (Wildman–Crippen MR) is 103 cm³/mol. The van der Waals surface area contributed by atoms with Gasteiger partial charge < -0.3 is 4.74 Å². The Morgan fingerprint density at radius 3 is 2.71 bits per heavy atom. The molecule has 0 atom stereocenters. The van der Waals surface area contributed by atoms with Crippen LogP contribution in [0.5, 0.6) is 5.75 Å². The van der Waals surface area contributed by atoms with Crippen molar-refractivity contribution >= 4 is 23.7 Å². The summed E-state index contributed by atoms with van der Waals surface area (Å²) in [6.07, 6.45) is 1.85. The van der Waals surface area contributed by atoms with Gasteiger partial charge in [-0.2, -0.15) is 16.9 Å². The van der Waals surface area contributed by atoms with Gasteiger partial charge in [-0.15, -0.1) is 0 Å². The molecule has 0 unspecified atom stereocenters. The van der Waals surface area contributed by atoms with E-state index in [1.165, 1.54) is 17.1 Å². The zero-order valence-corrected chi connectivity index (χ0v) is 14.8. The average Bonchev–Trinajstić information content (AvgIpc) is 2.64. The molecule has 2 aromatic carbocycles. The van der Waals surface area contributed by atoms with Crippen LogP contribution in [0.2, 0.25) is 0 Å². The fourth-order valence-electron chi connectivity index (χ4n) is 2.70. The van der Waals surface area contributed by atoms with Gasteiger partial charge in [0.25, 0.3) is 0 Å². The number of ether oxygens (including phenoxy) is 1. The van der Waals surface area contributed by atoms with Gasteiger partial charge in [0.1, 0.15) is 5.75 Å². The molecule has 0 amide bonds. The Hall–Kier alpha value is -1.98. The van der Waals surface area contributed by atoms with Crippen molar-refractivity contribution in [3.8, 4) is 5.75 Å². The van der Waals surface area contributed by atoms with Gasteiger partial charge in [0.05, 0.1) is 19.0 Å². The van der Waals surface area contributed by atoms with Crippen molar-refractivity contribution in [2.75, 3.05) is 37.1 Å². The normalized spacial score (nSPS) is 15.5. The molecule has 0 radical (unpaired) electrons. The van der Waals surface area contributed by atoms with E-state index in [0.29, 0.717) is 0 Å². The van der Waals surface area contributed by atoms with Gasteiger partial charge in [0.2, 0.25) is 0 Å². The van der Waals surface area contributed by atoms with E-state index < -0.39 is 0 Å². The van der Waals surface area contributed by atoms with Crippen LogP contribution in [-0.2, 0) is 6.54 Å². The number of thioether (sulfide) groups is 1. The van der Waals surface area contributed by atoms with Crippen molar-refractivity contribution in [2.24, 2.45) is 5.10 Å². The van der Waals surface area contributed by atoms with E-state index in [0.717, 1.165) is 36.6 Å². The molecule has 0 aliphatic carbocycles. The zero-order chi connectivity index (χ0) is 16.6. The van der Waals surface area contributed by atoms with Crippen LogP contribution in [0.4, 0.5) is 5.69 Å². The molecule has 5 heteroatoms. The second-order valence-electron chi connectivity index (χ2n) is 5.70. The molecule has 1 aliphatic heterocycles. The highest BCUT2D eigenvalue weighted by molar-refractivity contribution is 7.99. The molecule has 1 N–H and O–H groups in total. The number of hydrazone groups is 1. The highest BCUT2D eigenvalue weighted by Gasteiger charge is 2.13. The first kappa shape index (κ1) is 16.9. The van der Waals surface area contributed by atoms with Gasteiger partial charge in [0, 0.05) is 36.7 Å². The van der Waals surface area contributed by atoms with Crippen LogP contribution in [0.3, 0.4) is 0 Å². The lowest BCUT2D eigenvalue weighted by Gasteiger charge is -2.26. The first-order valence-corrected chi connectivity index (χ1v) is 9.32. The van der Waals surface area contributed by atoms with E-state index in [2.05, 4.69) is 21.5 Å².